The lowest BCUT2D eigenvalue weighted by Gasteiger charge is -2.49. The fourth-order valence-electron chi connectivity index (χ4n) is 2.16. The van der Waals surface area contributed by atoms with Crippen molar-refractivity contribution in [3.8, 4) is 0 Å². The van der Waals surface area contributed by atoms with E-state index in [4.69, 9.17) is 4.74 Å². The molecule has 3 nitrogen and oxygen atoms in total. The van der Waals surface area contributed by atoms with Crippen LogP contribution in [0.2, 0.25) is 0 Å². The normalized spacial score (nSPS) is 48.5. The van der Waals surface area contributed by atoms with Gasteiger partial charge in [0.05, 0.1) is 13.2 Å². The summed E-state index contributed by atoms with van der Waals surface area (Å²) in [5.41, 5.74) is 0.229. The van der Waals surface area contributed by atoms with E-state index < -0.39 is 3.61 Å². The second-order valence-electron chi connectivity index (χ2n) is 4.00. The van der Waals surface area contributed by atoms with Crippen molar-refractivity contribution in [3.05, 3.63) is 0 Å². The smallest absolute Gasteiger partial charge is 0.117 e. The molecule has 0 unspecified atom stereocenters. The highest BCUT2D eigenvalue weighted by molar-refractivity contribution is 14.1. The molecule has 1 saturated carbocycles. The van der Waals surface area contributed by atoms with Crippen molar-refractivity contribution in [2.24, 2.45) is 5.41 Å². The lowest BCUT2D eigenvalue weighted by molar-refractivity contribution is -0.0799. The third-order valence-electron chi connectivity index (χ3n) is 2.62. The van der Waals surface area contributed by atoms with Crippen LogP contribution in [0.4, 0.5) is 0 Å². The molecule has 0 amide bonds. The highest BCUT2D eigenvalue weighted by Crippen LogP contribution is 2.52. The van der Waals surface area contributed by atoms with Crippen molar-refractivity contribution in [1.82, 2.24) is 5.32 Å². The molecule has 1 spiro atoms. The van der Waals surface area contributed by atoms with E-state index >= 15 is 0 Å². The van der Waals surface area contributed by atoms with Gasteiger partial charge < -0.3 is 15.2 Å². The van der Waals surface area contributed by atoms with Crippen LogP contribution in [-0.4, -0.2) is 35.0 Å². The van der Waals surface area contributed by atoms with E-state index in [1.165, 1.54) is 0 Å². The van der Waals surface area contributed by atoms with E-state index in [0.29, 0.717) is 0 Å². The maximum atomic E-state index is 9.63. The number of aliphatic hydroxyl groups is 1. The van der Waals surface area contributed by atoms with Crippen molar-refractivity contribution in [2.45, 2.75) is 16.4 Å². The summed E-state index contributed by atoms with van der Waals surface area (Å²) in [6.45, 7) is 3.56. The van der Waals surface area contributed by atoms with Crippen molar-refractivity contribution >= 4 is 22.6 Å². The molecular formula is C8H14INO2. The molecule has 1 heterocycles. The minimum atomic E-state index is -0.465. The van der Waals surface area contributed by atoms with Crippen LogP contribution in [0.5, 0.6) is 0 Å². The van der Waals surface area contributed by atoms with Crippen molar-refractivity contribution in [1.29, 1.82) is 0 Å². The second-order valence-corrected chi connectivity index (χ2v) is 6.01. The van der Waals surface area contributed by atoms with Crippen LogP contribution in [0.1, 0.15) is 12.8 Å². The van der Waals surface area contributed by atoms with Crippen molar-refractivity contribution in [2.75, 3.05) is 26.3 Å². The van der Waals surface area contributed by atoms with Gasteiger partial charge in [0.2, 0.25) is 0 Å². The van der Waals surface area contributed by atoms with E-state index in [2.05, 4.69) is 27.9 Å². The maximum Gasteiger partial charge on any atom is 0.117 e. The van der Waals surface area contributed by atoms with Crippen LogP contribution in [0.3, 0.4) is 0 Å². The fraction of sp³-hybridized carbons (Fsp3) is 1.00. The molecule has 0 aromatic rings. The van der Waals surface area contributed by atoms with Gasteiger partial charge in [0.15, 0.2) is 0 Å². The summed E-state index contributed by atoms with van der Waals surface area (Å²) in [7, 11) is 0. The standard InChI is InChI=1S/C8H14INO2/c9-8(11)3-7(4-8)5-10-1-2-12-6-7/h10-11H,1-6H2. The van der Waals surface area contributed by atoms with Gasteiger partial charge in [0, 0.05) is 18.5 Å². The van der Waals surface area contributed by atoms with Crippen LogP contribution in [0.25, 0.3) is 0 Å². The molecule has 0 bridgehead atoms. The molecule has 4 heteroatoms. The molecule has 0 atom stereocenters. The predicted molar refractivity (Wildman–Crippen MR) is 54.3 cm³/mol. The molecule has 0 radical (unpaired) electrons. The quantitative estimate of drug-likeness (QED) is 0.503. The number of halogens is 1. The van der Waals surface area contributed by atoms with Crippen molar-refractivity contribution in [3.63, 3.8) is 0 Å². The summed E-state index contributed by atoms with van der Waals surface area (Å²) in [5, 5.41) is 13.0. The zero-order chi connectivity index (χ0) is 8.66. The Labute approximate surface area is 86.0 Å². The molecule has 12 heavy (non-hydrogen) atoms. The van der Waals surface area contributed by atoms with Crippen LogP contribution in [0.15, 0.2) is 0 Å². The number of nitrogens with one attached hydrogen (secondary N) is 1. The second kappa shape index (κ2) is 3.08. The van der Waals surface area contributed by atoms with Crippen molar-refractivity contribution < 1.29 is 9.84 Å². The first-order chi connectivity index (χ1) is 5.62. The number of alkyl halides is 1. The average Bonchev–Trinajstić information content (AvgIpc) is 2.10. The van der Waals surface area contributed by atoms with Gasteiger partial charge in [0.25, 0.3) is 0 Å². The van der Waals surface area contributed by atoms with Crippen LogP contribution < -0.4 is 5.32 Å². The molecule has 1 saturated heterocycles. The van der Waals surface area contributed by atoms with Gasteiger partial charge in [-0.3, -0.25) is 0 Å². The Morgan fingerprint density at radius 1 is 1.42 bits per heavy atom. The van der Waals surface area contributed by atoms with Gasteiger partial charge in [0.1, 0.15) is 3.61 Å². The molecule has 1 aliphatic heterocycles. The molecule has 2 rings (SSSR count). The minimum Gasteiger partial charge on any atom is -0.380 e. The molecule has 2 fully saturated rings. The number of ether oxygens (including phenoxy) is 1. The predicted octanol–water partition coefficient (Wildman–Crippen LogP) is 0.510. The summed E-state index contributed by atoms with van der Waals surface area (Å²) in [5.74, 6) is 0. The molecule has 0 aromatic carbocycles. The Balaban J connectivity index is 1.94. The van der Waals surface area contributed by atoms with Gasteiger partial charge in [-0.05, 0) is 35.4 Å². The lowest BCUT2D eigenvalue weighted by atomic mass is 9.67. The third-order valence-corrected chi connectivity index (χ3v) is 3.39. The van der Waals surface area contributed by atoms with Gasteiger partial charge in [-0.2, -0.15) is 0 Å². The van der Waals surface area contributed by atoms with E-state index in [1.54, 1.807) is 0 Å². The molecule has 70 valence electrons. The summed E-state index contributed by atoms with van der Waals surface area (Å²) in [4.78, 5) is 0. The summed E-state index contributed by atoms with van der Waals surface area (Å²) < 4.78 is 5.00. The van der Waals surface area contributed by atoms with Crippen LogP contribution >= 0.6 is 22.6 Å². The third kappa shape index (κ3) is 1.76. The topological polar surface area (TPSA) is 41.5 Å². The molecule has 1 aliphatic carbocycles. The van der Waals surface area contributed by atoms with E-state index in [9.17, 15) is 5.11 Å². The SMILES string of the molecule is OC1(I)CC2(CNCCOC2)C1. The van der Waals surface area contributed by atoms with Crippen LogP contribution in [0, 0.1) is 5.41 Å². The molecule has 0 aromatic heterocycles. The highest BCUT2D eigenvalue weighted by atomic mass is 127. The van der Waals surface area contributed by atoms with Gasteiger partial charge >= 0.3 is 0 Å². The Morgan fingerprint density at radius 3 is 2.83 bits per heavy atom. The molecule has 2 N–H and O–H groups in total. The van der Waals surface area contributed by atoms with E-state index in [-0.39, 0.29) is 5.41 Å². The molecule has 2 aliphatic rings. The summed E-state index contributed by atoms with van der Waals surface area (Å²) in [6, 6.07) is 0. The Kier molecular flexibility index (Phi) is 2.35. The Morgan fingerprint density at radius 2 is 2.17 bits per heavy atom. The summed E-state index contributed by atoms with van der Waals surface area (Å²) >= 11 is 2.12. The van der Waals surface area contributed by atoms with Gasteiger partial charge in [-0.15, -0.1) is 0 Å². The number of hydrogen-bond donors (Lipinski definition) is 2. The first-order valence-corrected chi connectivity index (χ1v) is 5.40. The minimum absolute atomic E-state index is 0.229. The summed E-state index contributed by atoms with van der Waals surface area (Å²) in [6.07, 6.45) is 1.74. The average molecular weight is 283 g/mol. The van der Waals surface area contributed by atoms with Gasteiger partial charge in [-0.1, -0.05) is 0 Å². The maximum absolute atomic E-state index is 9.63. The molecular weight excluding hydrogens is 269 g/mol. The number of hydrogen-bond acceptors (Lipinski definition) is 3. The first kappa shape index (κ1) is 9.18. The monoisotopic (exact) mass is 283 g/mol. The fourth-order valence-corrected chi connectivity index (χ4v) is 3.78. The lowest BCUT2D eigenvalue weighted by Crippen LogP contribution is -2.54. The zero-order valence-corrected chi connectivity index (χ0v) is 9.13. The first-order valence-electron chi connectivity index (χ1n) is 4.32. The largest absolute Gasteiger partial charge is 0.380 e. The Hall–Kier alpha value is 0.610. The van der Waals surface area contributed by atoms with Gasteiger partial charge in [-0.25, -0.2) is 0 Å². The van der Waals surface area contributed by atoms with E-state index in [1.807, 2.05) is 0 Å². The Bertz CT molecular complexity index is 166. The van der Waals surface area contributed by atoms with E-state index in [0.717, 1.165) is 39.1 Å². The highest BCUT2D eigenvalue weighted by Gasteiger charge is 2.52. The number of rotatable bonds is 0. The zero-order valence-electron chi connectivity index (χ0n) is 6.98. The van der Waals surface area contributed by atoms with Crippen LogP contribution in [-0.2, 0) is 4.74 Å².